The lowest BCUT2D eigenvalue weighted by Crippen LogP contribution is -2.41. The fourth-order valence-electron chi connectivity index (χ4n) is 2.62. The Hall–Kier alpha value is -3.19. The Bertz CT molecular complexity index is 1070. The van der Waals surface area contributed by atoms with Crippen molar-refractivity contribution in [2.75, 3.05) is 13.2 Å². The number of hydrogen-bond acceptors (Lipinski definition) is 6. The predicted molar refractivity (Wildman–Crippen MR) is 119 cm³/mol. The van der Waals surface area contributed by atoms with E-state index in [1.54, 1.807) is 39.0 Å². The molecule has 2 aromatic carbocycles. The van der Waals surface area contributed by atoms with E-state index in [2.05, 4.69) is 6.58 Å². The molecule has 0 aliphatic heterocycles. The van der Waals surface area contributed by atoms with Gasteiger partial charge < -0.3 is 9.47 Å². The summed E-state index contributed by atoms with van der Waals surface area (Å²) < 4.78 is 36.3. The van der Waals surface area contributed by atoms with Crippen LogP contribution in [0.25, 0.3) is 6.08 Å². The second-order valence-electron chi connectivity index (χ2n) is 7.31. The highest BCUT2D eigenvalue weighted by atomic mass is 32.2. The van der Waals surface area contributed by atoms with Crippen molar-refractivity contribution in [3.8, 4) is 0 Å². The number of rotatable bonds is 9. The topological polar surface area (TPSA) is 86.7 Å². The Morgan fingerprint density at radius 2 is 1.48 bits per heavy atom. The summed E-state index contributed by atoms with van der Waals surface area (Å²) in [6, 6.07) is 15.2. The smallest absolute Gasteiger partial charge is 0.336 e. The van der Waals surface area contributed by atoms with Crippen LogP contribution in [0, 0.1) is 6.92 Å². The first kappa shape index (κ1) is 24.1. The quantitative estimate of drug-likeness (QED) is 0.333. The molecule has 0 saturated carbocycles. The Labute approximate surface area is 183 Å². The van der Waals surface area contributed by atoms with Crippen LogP contribution in [0.4, 0.5) is 0 Å². The zero-order valence-corrected chi connectivity index (χ0v) is 18.6. The number of esters is 2. The van der Waals surface area contributed by atoms with Crippen molar-refractivity contribution in [3.05, 3.63) is 83.4 Å². The lowest BCUT2D eigenvalue weighted by molar-refractivity contribution is -0.152. The number of hydrogen-bond donors (Lipinski definition) is 0. The van der Waals surface area contributed by atoms with Crippen LogP contribution in [0.3, 0.4) is 0 Å². The van der Waals surface area contributed by atoms with Crippen LogP contribution in [0.5, 0.6) is 0 Å². The number of carbonyl (C=O) groups is 2. The van der Waals surface area contributed by atoms with E-state index in [1.165, 1.54) is 12.1 Å². The third-order valence-electron chi connectivity index (χ3n) is 4.20. The second kappa shape index (κ2) is 10.7. The van der Waals surface area contributed by atoms with E-state index in [0.29, 0.717) is 11.1 Å². The summed E-state index contributed by atoms with van der Waals surface area (Å²) in [5, 5.41) is -2.13. The van der Waals surface area contributed by atoms with Crippen molar-refractivity contribution < 1.29 is 27.5 Å². The zero-order valence-electron chi connectivity index (χ0n) is 17.8. The molecule has 1 atom stereocenters. The third-order valence-corrected chi connectivity index (χ3v) is 6.14. The van der Waals surface area contributed by atoms with Gasteiger partial charge in [0.05, 0.1) is 4.90 Å². The molecule has 2 aromatic rings. The molecular formula is C24H26O6S. The van der Waals surface area contributed by atoms with E-state index in [0.717, 1.165) is 11.1 Å². The summed E-state index contributed by atoms with van der Waals surface area (Å²) >= 11 is 0. The van der Waals surface area contributed by atoms with E-state index in [9.17, 15) is 18.0 Å². The predicted octanol–water partition coefficient (Wildman–Crippen LogP) is 3.90. The van der Waals surface area contributed by atoms with Crippen LogP contribution >= 0.6 is 0 Å². The van der Waals surface area contributed by atoms with Crippen molar-refractivity contribution >= 4 is 27.9 Å². The largest absolute Gasteiger partial charge is 0.460 e. The summed E-state index contributed by atoms with van der Waals surface area (Å²) in [5.74, 6) is -2.38. The maximum absolute atomic E-state index is 13.1. The molecule has 164 valence electrons. The van der Waals surface area contributed by atoms with Gasteiger partial charge in [-0.3, -0.25) is 0 Å². The van der Waals surface area contributed by atoms with Gasteiger partial charge in [-0.15, -0.1) is 0 Å². The highest BCUT2D eigenvalue weighted by molar-refractivity contribution is 7.93. The Morgan fingerprint density at radius 1 is 0.935 bits per heavy atom. The lowest BCUT2D eigenvalue weighted by atomic mass is 10.1. The molecule has 6 nitrogen and oxygen atoms in total. The van der Waals surface area contributed by atoms with Crippen molar-refractivity contribution in [2.24, 2.45) is 0 Å². The van der Waals surface area contributed by atoms with Gasteiger partial charge >= 0.3 is 11.9 Å². The van der Waals surface area contributed by atoms with Crippen LogP contribution in [0.2, 0.25) is 0 Å². The van der Waals surface area contributed by atoms with E-state index in [-0.39, 0.29) is 18.1 Å². The van der Waals surface area contributed by atoms with Gasteiger partial charge in [0.1, 0.15) is 13.2 Å². The molecular weight excluding hydrogens is 416 g/mol. The average Bonchev–Trinajstić information content (AvgIpc) is 2.72. The maximum Gasteiger partial charge on any atom is 0.336 e. The standard InChI is InChI=1S/C24H26O6S/c1-17(2)15-29-23(25)22(31(27,28)21-12-10-18(3)11-13-21)24(26)30-16-19(4)14-20-8-6-5-7-9-20/h5-14,22H,1,15-16H2,2-4H3/b19-14+. The summed E-state index contributed by atoms with van der Waals surface area (Å²) in [7, 11) is -4.37. The summed E-state index contributed by atoms with van der Waals surface area (Å²) in [6.45, 7) is 8.40. The highest BCUT2D eigenvalue weighted by Crippen LogP contribution is 2.20. The number of benzene rings is 2. The monoisotopic (exact) mass is 442 g/mol. The van der Waals surface area contributed by atoms with Gasteiger partial charge in [0.15, 0.2) is 0 Å². The minimum atomic E-state index is -4.37. The Balaban J connectivity index is 2.25. The van der Waals surface area contributed by atoms with E-state index >= 15 is 0 Å². The fourth-order valence-corrected chi connectivity index (χ4v) is 4.05. The number of carbonyl (C=O) groups excluding carboxylic acids is 2. The molecule has 0 aromatic heterocycles. The first-order valence-corrected chi connectivity index (χ1v) is 11.2. The molecule has 1 unspecified atom stereocenters. The first-order valence-electron chi connectivity index (χ1n) is 9.61. The molecule has 0 heterocycles. The van der Waals surface area contributed by atoms with Crippen molar-refractivity contribution in [1.82, 2.24) is 0 Å². The van der Waals surface area contributed by atoms with Crippen LogP contribution in [-0.4, -0.2) is 38.8 Å². The van der Waals surface area contributed by atoms with Crippen LogP contribution in [0.15, 0.2) is 77.2 Å². The molecule has 0 bridgehead atoms. The first-order chi connectivity index (χ1) is 14.6. The van der Waals surface area contributed by atoms with E-state index in [1.807, 2.05) is 30.3 Å². The van der Waals surface area contributed by atoms with Crippen LogP contribution in [-0.2, 0) is 28.9 Å². The molecule has 0 N–H and O–H groups in total. The van der Waals surface area contributed by atoms with Crippen molar-refractivity contribution in [3.63, 3.8) is 0 Å². The summed E-state index contributed by atoms with van der Waals surface area (Å²) in [5.41, 5.74) is 2.93. The Morgan fingerprint density at radius 3 is 2.03 bits per heavy atom. The summed E-state index contributed by atoms with van der Waals surface area (Å²) in [4.78, 5) is 25.1. The van der Waals surface area contributed by atoms with Crippen LogP contribution < -0.4 is 0 Å². The van der Waals surface area contributed by atoms with Gasteiger partial charge in [0, 0.05) is 0 Å². The lowest BCUT2D eigenvalue weighted by Gasteiger charge is -2.16. The van der Waals surface area contributed by atoms with E-state index < -0.39 is 27.0 Å². The molecule has 0 fully saturated rings. The SMILES string of the molecule is C=C(C)COC(=O)C(C(=O)OC/C(C)=C/c1ccccc1)S(=O)(=O)c1ccc(C)cc1. The highest BCUT2D eigenvalue weighted by Gasteiger charge is 2.43. The molecule has 31 heavy (non-hydrogen) atoms. The molecule has 0 spiro atoms. The van der Waals surface area contributed by atoms with Gasteiger partial charge in [-0.1, -0.05) is 60.7 Å². The van der Waals surface area contributed by atoms with E-state index in [4.69, 9.17) is 9.47 Å². The van der Waals surface area contributed by atoms with Gasteiger partial charge in [-0.25, -0.2) is 18.0 Å². The number of ether oxygens (including phenoxy) is 2. The van der Waals surface area contributed by atoms with Gasteiger partial charge in [0.25, 0.3) is 5.25 Å². The van der Waals surface area contributed by atoms with Crippen molar-refractivity contribution in [2.45, 2.75) is 30.9 Å². The molecule has 0 radical (unpaired) electrons. The fraction of sp³-hybridized carbons (Fsp3) is 0.250. The zero-order chi connectivity index (χ0) is 23.0. The molecule has 0 amide bonds. The molecule has 0 aliphatic rings. The molecule has 2 rings (SSSR count). The van der Waals surface area contributed by atoms with Crippen LogP contribution in [0.1, 0.15) is 25.0 Å². The average molecular weight is 443 g/mol. The van der Waals surface area contributed by atoms with Crippen molar-refractivity contribution in [1.29, 1.82) is 0 Å². The van der Waals surface area contributed by atoms with Gasteiger partial charge in [-0.2, -0.15) is 0 Å². The molecule has 0 aliphatic carbocycles. The number of aryl methyl sites for hydroxylation is 1. The van der Waals surface area contributed by atoms with Gasteiger partial charge in [0.2, 0.25) is 9.84 Å². The summed E-state index contributed by atoms with van der Waals surface area (Å²) in [6.07, 6.45) is 1.80. The Kier molecular flexibility index (Phi) is 8.33. The minimum absolute atomic E-state index is 0.163. The maximum atomic E-state index is 13.1. The normalized spacial score (nSPS) is 12.7. The number of sulfone groups is 1. The molecule has 7 heteroatoms. The third kappa shape index (κ3) is 6.93. The second-order valence-corrected chi connectivity index (χ2v) is 9.34. The minimum Gasteiger partial charge on any atom is -0.460 e. The van der Waals surface area contributed by atoms with Gasteiger partial charge in [-0.05, 0) is 49.6 Å². The molecule has 0 saturated heterocycles.